The lowest BCUT2D eigenvalue weighted by atomic mass is 10.2. The fraction of sp³-hybridized carbons (Fsp3) is 0.429. The number of thiophene rings is 1. The van der Waals surface area contributed by atoms with Crippen LogP contribution < -0.4 is 5.32 Å². The summed E-state index contributed by atoms with van der Waals surface area (Å²) in [4.78, 5) is 30.2. The fourth-order valence-corrected chi connectivity index (χ4v) is 4.82. The van der Waals surface area contributed by atoms with E-state index in [1.165, 1.54) is 24.2 Å². The molecule has 0 bridgehead atoms. The van der Waals surface area contributed by atoms with Gasteiger partial charge in [0.1, 0.15) is 17.0 Å². The number of carbonyl (C=O) groups is 1. The molecule has 0 spiro atoms. The van der Waals surface area contributed by atoms with Gasteiger partial charge in [0.15, 0.2) is 0 Å². The van der Waals surface area contributed by atoms with Crippen molar-refractivity contribution in [3.05, 3.63) is 46.4 Å². The van der Waals surface area contributed by atoms with Crippen molar-refractivity contribution in [2.45, 2.75) is 46.1 Å². The quantitative estimate of drug-likeness (QED) is 0.712. The molecule has 0 unspecified atom stereocenters. The van der Waals surface area contributed by atoms with E-state index in [2.05, 4.69) is 20.3 Å². The molecule has 7 heteroatoms. The molecule has 4 heterocycles. The van der Waals surface area contributed by atoms with E-state index in [-0.39, 0.29) is 5.91 Å². The number of aromatic nitrogens is 3. The molecule has 1 saturated heterocycles. The summed E-state index contributed by atoms with van der Waals surface area (Å²) in [6, 6.07) is 5.98. The van der Waals surface area contributed by atoms with Crippen LogP contribution in [0.15, 0.2) is 24.5 Å². The molecule has 4 rings (SSSR count). The smallest absolute Gasteiger partial charge is 0.264 e. The van der Waals surface area contributed by atoms with Crippen LogP contribution in [0.2, 0.25) is 0 Å². The first kappa shape index (κ1) is 18.8. The van der Waals surface area contributed by atoms with Crippen LogP contribution in [0.5, 0.6) is 0 Å². The van der Waals surface area contributed by atoms with E-state index in [9.17, 15) is 4.79 Å². The summed E-state index contributed by atoms with van der Waals surface area (Å²) in [5, 5.41) is 4.32. The summed E-state index contributed by atoms with van der Waals surface area (Å²) in [7, 11) is 0. The van der Waals surface area contributed by atoms with Gasteiger partial charge < -0.3 is 10.2 Å². The normalized spacial score (nSPS) is 14.9. The molecular formula is C21H25N5OS. The molecule has 1 aliphatic rings. The van der Waals surface area contributed by atoms with Gasteiger partial charge in [0.2, 0.25) is 0 Å². The van der Waals surface area contributed by atoms with Crippen molar-refractivity contribution in [2.75, 3.05) is 18.4 Å². The molecule has 28 heavy (non-hydrogen) atoms. The minimum absolute atomic E-state index is 0.133. The van der Waals surface area contributed by atoms with Crippen molar-refractivity contribution in [1.82, 2.24) is 19.9 Å². The van der Waals surface area contributed by atoms with Crippen LogP contribution in [0.25, 0.3) is 10.2 Å². The average Bonchev–Trinajstić information content (AvgIpc) is 2.87. The maximum absolute atomic E-state index is 13.1. The van der Waals surface area contributed by atoms with Gasteiger partial charge in [0.25, 0.3) is 5.91 Å². The number of nitrogens with one attached hydrogen (secondary N) is 1. The van der Waals surface area contributed by atoms with Crippen molar-refractivity contribution in [2.24, 2.45) is 0 Å². The third-order valence-corrected chi connectivity index (χ3v) is 6.39. The van der Waals surface area contributed by atoms with Gasteiger partial charge in [-0.25, -0.2) is 9.97 Å². The Balaban J connectivity index is 1.61. The summed E-state index contributed by atoms with van der Waals surface area (Å²) in [6.45, 7) is 6.27. The van der Waals surface area contributed by atoms with E-state index in [1.54, 1.807) is 6.33 Å². The Hall–Kier alpha value is -2.54. The Morgan fingerprint density at radius 1 is 1.14 bits per heavy atom. The van der Waals surface area contributed by atoms with Crippen LogP contribution in [-0.2, 0) is 6.54 Å². The van der Waals surface area contributed by atoms with Gasteiger partial charge in [-0.2, -0.15) is 0 Å². The maximum Gasteiger partial charge on any atom is 0.264 e. The second kappa shape index (κ2) is 8.22. The summed E-state index contributed by atoms with van der Waals surface area (Å²) < 4.78 is 0. The van der Waals surface area contributed by atoms with Crippen molar-refractivity contribution >= 4 is 33.3 Å². The first-order chi connectivity index (χ1) is 13.6. The fourth-order valence-electron chi connectivity index (χ4n) is 3.70. The lowest BCUT2D eigenvalue weighted by Gasteiger charge is -2.19. The van der Waals surface area contributed by atoms with Crippen LogP contribution in [0.4, 0.5) is 5.82 Å². The minimum Gasteiger partial charge on any atom is -0.364 e. The van der Waals surface area contributed by atoms with Crippen molar-refractivity contribution in [3.63, 3.8) is 0 Å². The Labute approximate surface area is 169 Å². The second-order valence-corrected chi connectivity index (χ2v) is 8.29. The van der Waals surface area contributed by atoms with Crippen molar-refractivity contribution in [1.29, 1.82) is 0 Å². The molecule has 1 fully saturated rings. The molecule has 0 aliphatic carbocycles. The topological polar surface area (TPSA) is 71.0 Å². The molecular weight excluding hydrogens is 370 g/mol. The summed E-state index contributed by atoms with van der Waals surface area (Å²) in [5.41, 5.74) is 2.92. The van der Waals surface area contributed by atoms with Gasteiger partial charge in [-0.05, 0) is 44.4 Å². The molecule has 3 aromatic rings. The van der Waals surface area contributed by atoms with E-state index in [0.29, 0.717) is 6.54 Å². The highest BCUT2D eigenvalue weighted by Crippen LogP contribution is 2.34. The number of fused-ring (bicyclic) bond motifs is 1. The molecule has 6 nitrogen and oxygen atoms in total. The molecule has 1 amide bonds. The Kier molecular flexibility index (Phi) is 5.52. The average molecular weight is 396 g/mol. The minimum atomic E-state index is 0.133. The van der Waals surface area contributed by atoms with E-state index in [0.717, 1.165) is 63.8 Å². The molecule has 146 valence electrons. The predicted molar refractivity (Wildman–Crippen MR) is 113 cm³/mol. The predicted octanol–water partition coefficient (Wildman–Crippen LogP) is 4.33. The summed E-state index contributed by atoms with van der Waals surface area (Å²) in [6.07, 6.45) is 6.16. The number of rotatable bonds is 4. The number of amides is 1. The molecule has 0 atom stereocenters. The second-order valence-electron chi connectivity index (χ2n) is 7.29. The number of carbonyl (C=O) groups excluding carboxylic acids is 1. The highest BCUT2D eigenvalue weighted by Gasteiger charge is 2.24. The van der Waals surface area contributed by atoms with Crippen molar-refractivity contribution in [3.8, 4) is 0 Å². The molecule has 0 radical (unpaired) electrons. The van der Waals surface area contributed by atoms with E-state index >= 15 is 0 Å². The van der Waals surface area contributed by atoms with E-state index in [1.807, 2.05) is 36.9 Å². The molecule has 0 aromatic carbocycles. The molecule has 1 aliphatic heterocycles. The van der Waals surface area contributed by atoms with Crippen molar-refractivity contribution < 1.29 is 4.79 Å². The Morgan fingerprint density at radius 3 is 2.68 bits per heavy atom. The van der Waals surface area contributed by atoms with Crippen LogP contribution in [0.1, 0.15) is 52.3 Å². The van der Waals surface area contributed by atoms with Crippen LogP contribution in [0.3, 0.4) is 0 Å². The lowest BCUT2D eigenvalue weighted by molar-refractivity contribution is 0.0766. The number of hydrogen-bond donors (Lipinski definition) is 1. The number of anilines is 1. The Morgan fingerprint density at radius 2 is 1.93 bits per heavy atom. The lowest BCUT2D eigenvalue weighted by Crippen LogP contribution is -2.31. The Bertz CT molecular complexity index is 992. The van der Waals surface area contributed by atoms with Gasteiger partial charge >= 0.3 is 0 Å². The summed E-state index contributed by atoms with van der Waals surface area (Å²) in [5.74, 6) is 0.894. The van der Waals surface area contributed by atoms with E-state index < -0.39 is 0 Å². The number of aryl methyl sites for hydroxylation is 2. The zero-order valence-electron chi connectivity index (χ0n) is 16.4. The highest BCUT2D eigenvalue weighted by molar-refractivity contribution is 7.20. The van der Waals surface area contributed by atoms with Gasteiger partial charge in [-0.15, -0.1) is 11.3 Å². The molecule has 0 saturated carbocycles. The van der Waals surface area contributed by atoms with Gasteiger partial charge in [0.05, 0.1) is 22.5 Å². The SMILES string of the molecule is Cc1cccc(CNc2ncnc3sc(C(=O)N4CCCCCC4)c(C)c23)n1. The number of nitrogens with zero attached hydrogens (tertiary/aromatic N) is 4. The zero-order chi connectivity index (χ0) is 19.5. The largest absolute Gasteiger partial charge is 0.364 e. The number of hydrogen-bond acceptors (Lipinski definition) is 6. The van der Waals surface area contributed by atoms with Gasteiger partial charge in [0, 0.05) is 18.8 Å². The first-order valence-corrected chi connectivity index (χ1v) is 10.6. The maximum atomic E-state index is 13.1. The van der Waals surface area contributed by atoms with Gasteiger partial charge in [-0.1, -0.05) is 18.9 Å². The molecule has 3 aromatic heterocycles. The number of pyridine rings is 1. The first-order valence-electron chi connectivity index (χ1n) is 9.83. The van der Waals surface area contributed by atoms with Gasteiger partial charge in [-0.3, -0.25) is 9.78 Å². The van der Waals surface area contributed by atoms with Crippen LogP contribution >= 0.6 is 11.3 Å². The number of likely N-dealkylation sites (tertiary alicyclic amines) is 1. The third-order valence-electron chi connectivity index (χ3n) is 5.20. The monoisotopic (exact) mass is 395 g/mol. The molecule has 1 N–H and O–H groups in total. The zero-order valence-corrected chi connectivity index (χ0v) is 17.2. The third kappa shape index (κ3) is 3.85. The highest BCUT2D eigenvalue weighted by atomic mass is 32.1. The van der Waals surface area contributed by atoms with Crippen LogP contribution in [0, 0.1) is 13.8 Å². The summed E-state index contributed by atoms with van der Waals surface area (Å²) >= 11 is 1.47. The standard InChI is InChI=1S/C21H25N5OS/c1-14-8-7-9-16(25-14)12-22-19-17-15(2)18(28-20(17)24-13-23-19)21(27)26-10-5-3-4-6-11-26/h7-9,13H,3-6,10-12H2,1-2H3,(H,22,23,24). The van der Waals surface area contributed by atoms with E-state index in [4.69, 9.17) is 0 Å². The van der Waals surface area contributed by atoms with Crippen LogP contribution in [-0.4, -0.2) is 38.8 Å².